The van der Waals surface area contributed by atoms with Gasteiger partial charge in [0, 0.05) is 25.8 Å². The molecule has 3 aromatic rings. The summed E-state index contributed by atoms with van der Waals surface area (Å²) in [6.45, 7) is 0.757. The molecule has 0 radical (unpaired) electrons. The maximum absolute atomic E-state index is 13.2. The molecule has 0 bridgehead atoms. The highest BCUT2D eigenvalue weighted by atomic mass is 35.5. The number of ketones is 1. The van der Waals surface area contributed by atoms with E-state index in [4.69, 9.17) is 21.1 Å². The van der Waals surface area contributed by atoms with Gasteiger partial charge in [0.25, 0.3) is 11.7 Å². The van der Waals surface area contributed by atoms with E-state index in [1.165, 1.54) is 12.0 Å². The van der Waals surface area contributed by atoms with Crippen LogP contribution >= 0.6 is 11.6 Å². The Bertz CT molecular complexity index is 1250. The van der Waals surface area contributed by atoms with Crippen LogP contribution in [0.5, 0.6) is 5.75 Å². The molecule has 1 saturated heterocycles. The molecule has 0 saturated carbocycles. The van der Waals surface area contributed by atoms with E-state index >= 15 is 0 Å². The standard InChI is InChI=1S/C26H24ClNO5/c1-32-14-6-13-28-23(19-10-5-8-16-7-3-4-9-18(16)19)22(25(30)26(28)31)24(29)17-11-12-20(27)21(15-17)33-2/h3-5,7-12,15,23,29H,6,13-14H2,1-2H3/b24-22-. The summed E-state index contributed by atoms with van der Waals surface area (Å²) in [4.78, 5) is 27.8. The lowest BCUT2D eigenvalue weighted by Gasteiger charge is -2.26. The first kappa shape index (κ1) is 22.8. The number of carbonyl (C=O) groups excluding carboxylic acids is 2. The van der Waals surface area contributed by atoms with Crippen molar-refractivity contribution >= 4 is 39.8 Å². The summed E-state index contributed by atoms with van der Waals surface area (Å²) >= 11 is 6.13. The highest BCUT2D eigenvalue weighted by Gasteiger charge is 2.46. The van der Waals surface area contributed by atoms with E-state index in [0.717, 1.165) is 16.3 Å². The van der Waals surface area contributed by atoms with E-state index in [1.54, 1.807) is 25.3 Å². The molecular weight excluding hydrogens is 442 g/mol. The van der Waals surface area contributed by atoms with Crippen LogP contribution in [0.3, 0.4) is 0 Å². The van der Waals surface area contributed by atoms with Gasteiger partial charge < -0.3 is 19.5 Å². The molecule has 6 nitrogen and oxygen atoms in total. The van der Waals surface area contributed by atoms with E-state index in [2.05, 4.69) is 0 Å². The van der Waals surface area contributed by atoms with Gasteiger partial charge in [0.1, 0.15) is 11.5 Å². The zero-order valence-corrected chi connectivity index (χ0v) is 19.1. The van der Waals surface area contributed by atoms with Crippen LogP contribution in [0.1, 0.15) is 23.6 Å². The van der Waals surface area contributed by atoms with Gasteiger partial charge in [-0.1, -0.05) is 54.1 Å². The summed E-state index contributed by atoms with van der Waals surface area (Å²) in [5.74, 6) is -1.28. The number of likely N-dealkylation sites (tertiary alicyclic amines) is 1. The number of aliphatic hydroxyl groups excluding tert-OH is 1. The summed E-state index contributed by atoms with van der Waals surface area (Å²) in [6.07, 6.45) is 0.555. The van der Waals surface area contributed by atoms with Crippen LogP contribution in [-0.4, -0.2) is 49.1 Å². The smallest absolute Gasteiger partial charge is 0.295 e. The molecule has 1 heterocycles. The molecule has 0 aromatic heterocycles. The first-order valence-corrected chi connectivity index (χ1v) is 10.9. The van der Waals surface area contributed by atoms with Crippen LogP contribution < -0.4 is 4.74 Å². The minimum absolute atomic E-state index is 0.0399. The lowest BCUT2D eigenvalue weighted by Crippen LogP contribution is -2.31. The minimum atomic E-state index is -0.741. The maximum Gasteiger partial charge on any atom is 0.295 e. The van der Waals surface area contributed by atoms with Gasteiger partial charge in [-0.05, 0) is 41.0 Å². The third-order valence-electron chi connectivity index (χ3n) is 5.83. The monoisotopic (exact) mass is 465 g/mol. The van der Waals surface area contributed by atoms with Crippen molar-refractivity contribution in [2.24, 2.45) is 0 Å². The number of halogens is 1. The van der Waals surface area contributed by atoms with Crippen LogP contribution in [0.15, 0.2) is 66.2 Å². The number of hydrogen-bond acceptors (Lipinski definition) is 5. The van der Waals surface area contributed by atoms with E-state index in [-0.39, 0.29) is 11.3 Å². The molecule has 1 N–H and O–H groups in total. The molecule has 1 atom stereocenters. The van der Waals surface area contributed by atoms with Crippen molar-refractivity contribution in [2.75, 3.05) is 27.4 Å². The lowest BCUT2D eigenvalue weighted by molar-refractivity contribution is -0.140. The number of aliphatic hydroxyl groups is 1. The molecule has 1 fully saturated rings. The fraction of sp³-hybridized carbons (Fsp3) is 0.231. The third-order valence-corrected chi connectivity index (χ3v) is 6.14. The quantitative estimate of drug-likeness (QED) is 0.231. The molecule has 7 heteroatoms. The van der Waals surface area contributed by atoms with Gasteiger partial charge in [-0.2, -0.15) is 0 Å². The van der Waals surface area contributed by atoms with Crippen molar-refractivity contribution in [1.82, 2.24) is 4.90 Å². The van der Waals surface area contributed by atoms with Crippen LogP contribution in [0.4, 0.5) is 0 Å². The van der Waals surface area contributed by atoms with Gasteiger partial charge >= 0.3 is 0 Å². The van der Waals surface area contributed by atoms with Crippen molar-refractivity contribution < 1.29 is 24.2 Å². The predicted molar refractivity (Wildman–Crippen MR) is 127 cm³/mol. The Labute approximate surface area is 197 Å². The number of benzene rings is 3. The topological polar surface area (TPSA) is 76.1 Å². The second-order valence-electron chi connectivity index (χ2n) is 7.76. The Balaban J connectivity index is 1.93. The molecule has 1 unspecified atom stereocenters. The van der Waals surface area contributed by atoms with Crippen molar-refractivity contribution in [1.29, 1.82) is 0 Å². The summed E-state index contributed by atoms with van der Waals surface area (Å²) in [5.41, 5.74) is 1.15. The van der Waals surface area contributed by atoms with Gasteiger partial charge in [-0.3, -0.25) is 9.59 Å². The Morgan fingerprint density at radius 3 is 2.58 bits per heavy atom. The summed E-state index contributed by atoms with van der Waals surface area (Å²) in [6, 6.07) is 17.5. The zero-order valence-electron chi connectivity index (χ0n) is 18.4. The molecule has 170 valence electrons. The number of carbonyl (C=O) groups is 2. The molecule has 0 aliphatic carbocycles. The number of fused-ring (bicyclic) bond motifs is 1. The summed E-state index contributed by atoms with van der Waals surface area (Å²) in [7, 11) is 3.06. The molecule has 4 rings (SSSR count). The Kier molecular flexibility index (Phi) is 6.67. The van der Waals surface area contributed by atoms with Gasteiger partial charge in [-0.25, -0.2) is 0 Å². The van der Waals surface area contributed by atoms with E-state index in [1.807, 2.05) is 42.5 Å². The molecule has 1 aliphatic rings. The number of rotatable bonds is 7. The number of hydrogen-bond donors (Lipinski definition) is 1. The largest absolute Gasteiger partial charge is 0.507 e. The molecule has 1 amide bonds. The molecular formula is C26H24ClNO5. The molecule has 0 spiro atoms. The second kappa shape index (κ2) is 9.65. The summed E-state index contributed by atoms with van der Waals surface area (Å²) < 4.78 is 10.4. The van der Waals surface area contributed by atoms with Crippen LogP contribution in [0.25, 0.3) is 16.5 Å². The van der Waals surface area contributed by atoms with Crippen molar-refractivity contribution in [3.05, 3.63) is 82.4 Å². The minimum Gasteiger partial charge on any atom is -0.507 e. The first-order chi connectivity index (χ1) is 16.0. The zero-order chi connectivity index (χ0) is 23.5. The SMILES string of the molecule is COCCCN1C(=O)C(=O)/C(=C(\O)c2ccc(Cl)c(OC)c2)C1c1cccc2ccccc12. The predicted octanol–water partition coefficient (Wildman–Crippen LogP) is 4.96. The summed E-state index contributed by atoms with van der Waals surface area (Å²) in [5, 5.41) is 13.5. The molecule has 33 heavy (non-hydrogen) atoms. The van der Waals surface area contributed by atoms with Gasteiger partial charge in [0.05, 0.1) is 23.7 Å². The number of methoxy groups -OCH3 is 2. The number of Topliss-reactive ketones (excluding diaryl/α,β-unsaturated/α-hetero) is 1. The average Bonchev–Trinajstić information content (AvgIpc) is 3.08. The second-order valence-corrected chi connectivity index (χ2v) is 8.16. The van der Waals surface area contributed by atoms with Gasteiger partial charge in [-0.15, -0.1) is 0 Å². The Hall–Kier alpha value is -3.35. The van der Waals surface area contributed by atoms with E-state index < -0.39 is 17.7 Å². The molecule has 3 aromatic carbocycles. The van der Waals surface area contributed by atoms with Gasteiger partial charge in [0.15, 0.2) is 0 Å². The normalized spacial score (nSPS) is 17.7. The first-order valence-electron chi connectivity index (χ1n) is 10.6. The maximum atomic E-state index is 13.2. The van der Waals surface area contributed by atoms with Crippen molar-refractivity contribution in [3.63, 3.8) is 0 Å². The third kappa shape index (κ3) is 4.19. The van der Waals surface area contributed by atoms with Crippen molar-refractivity contribution in [3.8, 4) is 5.75 Å². The van der Waals surface area contributed by atoms with Crippen LogP contribution in [0, 0.1) is 0 Å². The highest BCUT2D eigenvalue weighted by molar-refractivity contribution is 6.46. The Morgan fingerprint density at radius 1 is 1.06 bits per heavy atom. The van der Waals surface area contributed by atoms with E-state index in [9.17, 15) is 14.7 Å². The van der Waals surface area contributed by atoms with Crippen LogP contribution in [0.2, 0.25) is 5.02 Å². The fourth-order valence-corrected chi connectivity index (χ4v) is 4.46. The van der Waals surface area contributed by atoms with Crippen LogP contribution in [-0.2, 0) is 14.3 Å². The average molecular weight is 466 g/mol. The number of ether oxygens (including phenoxy) is 2. The highest BCUT2D eigenvalue weighted by Crippen LogP contribution is 2.42. The lowest BCUT2D eigenvalue weighted by atomic mass is 9.91. The van der Waals surface area contributed by atoms with Crippen molar-refractivity contribution in [2.45, 2.75) is 12.5 Å². The molecule has 1 aliphatic heterocycles. The van der Waals surface area contributed by atoms with E-state index in [0.29, 0.717) is 35.9 Å². The Morgan fingerprint density at radius 2 is 1.82 bits per heavy atom. The fourth-order valence-electron chi connectivity index (χ4n) is 4.26. The number of nitrogens with zero attached hydrogens (tertiary/aromatic N) is 1. The number of amides is 1. The van der Waals surface area contributed by atoms with Gasteiger partial charge in [0.2, 0.25) is 0 Å².